The van der Waals surface area contributed by atoms with Gasteiger partial charge in [0.15, 0.2) is 0 Å². The van der Waals surface area contributed by atoms with Gasteiger partial charge in [-0.15, -0.1) is 0 Å². The Bertz CT molecular complexity index is 254. The highest BCUT2D eigenvalue weighted by Gasteiger charge is 1.92. The molecule has 0 amide bonds. The van der Waals surface area contributed by atoms with Crippen molar-refractivity contribution in [3.05, 3.63) is 35.4 Å². The van der Waals surface area contributed by atoms with E-state index in [1.54, 1.807) is 0 Å². The van der Waals surface area contributed by atoms with Gasteiger partial charge >= 0.3 is 0 Å². The van der Waals surface area contributed by atoms with Crippen LogP contribution in [0.25, 0.3) is 0 Å². The van der Waals surface area contributed by atoms with Gasteiger partial charge in [0.25, 0.3) is 0 Å². The van der Waals surface area contributed by atoms with Crippen LogP contribution in [0.4, 0.5) is 0 Å². The molecule has 1 aromatic rings. The van der Waals surface area contributed by atoms with Crippen molar-refractivity contribution in [1.29, 1.82) is 0 Å². The normalized spacial score (nSPS) is 10.5. The topological polar surface area (TPSA) is 24.1 Å². The third-order valence-electron chi connectivity index (χ3n) is 2.49. The zero-order chi connectivity index (χ0) is 10.9. The lowest BCUT2D eigenvalue weighted by Crippen LogP contribution is -2.25. The molecule has 1 rings (SSSR count). The fourth-order valence-corrected chi connectivity index (χ4v) is 1.51. The van der Waals surface area contributed by atoms with Gasteiger partial charge in [0, 0.05) is 13.1 Å². The van der Waals surface area contributed by atoms with Gasteiger partial charge in [-0.3, -0.25) is 0 Å². The summed E-state index contributed by atoms with van der Waals surface area (Å²) in [6, 6.07) is 8.82. The molecular weight excluding hydrogens is 184 g/mol. The Kier molecular flexibility index (Phi) is 6.05. The minimum Gasteiger partial charge on any atom is -0.318 e. The summed E-state index contributed by atoms with van der Waals surface area (Å²) in [5, 5.41) is 6.53. The van der Waals surface area contributed by atoms with Gasteiger partial charge in [-0.25, -0.2) is 0 Å². The lowest BCUT2D eigenvalue weighted by molar-refractivity contribution is 0.625. The van der Waals surface area contributed by atoms with Crippen LogP contribution in [-0.2, 0) is 6.42 Å². The number of benzene rings is 1. The molecule has 0 aliphatic carbocycles. The zero-order valence-corrected chi connectivity index (χ0v) is 9.84. The number of aryl methyl sites for hydroxylation is 2. The Balaban J connectivity index is 2.07. The molecule has 0 aliphatic heterocycles. The SMILES string of the molecule is CNCCNCCCc1ccc(C)cc1. The second-order valence-electron chi connectivity index (χ2n) is 3.94. The van der Waals surface area contributed by atoms with Gasteiger partial charge in [-0.2, -0.15) is 0 Å². The molecule has 0 aromatic heterocycles. The van der Waals surface area contributed by atoms with Crippen LogP contribution in [0.5, 0.6) is 0 Å². The Morgan fingerprint density at radius 3 is 2.40 bits per heavy atom. The monoisotopic (exact) mass is 206 g/mol. The van der Waals surface area contributed by atoms with Crippen LogP contribution in [0.1, 0.15) is 17.5 Å². The zero-order valence-electron chi connectivity index (χ0n) is 9.84. The molecule has 0 atom stereocenters. The van der Waals surface area contributed by atoms with Crippen molar-refractivity contribution in [2.45, 2.75) is 19.8 Å². The van der Waals surface area contributed by atoms with Crippen molar-refractivity contribution in [2.75, 3.05) is 26.7 Å². The molecule has 84 valence electrons. The molecule has 0 saturated carbocycles. The van der Waals surface area contributed by atoms with Gasteiger partial charge in [0.2, 0.25) is 0 Å². The van der Waals surface area contributed by atoms with Gasteiger partial charge < -0.3 is 10.6 Å². The van der Waals surface area contributed by atoms with E-state index in [4.69, 9.17) is 0 Å². The highest BCUT2D eigenvalue weighted by atomic mass is 14.9. The van der Waals surface area contributed by atoms with Crippen molar-refractivity contribution in [3.8, 4) is 0 Å². The first-order chi connectivity index (χ1) is 7.33. The van der Waals surface area contributed by atoms with Crippen LogP contribution in [0, 0.1) is 6.92 Å². The Morgan fingerprint density at radius 2 is 1.73 bits per heavy atom. The standard InChI is InChI=1S/C13H22N2/c1-12-5-7-13(8-6-12)4-3-9-15-11-10-14-2/h5-8,14-15H,3-4,9-11H2,1-2H3. The van der Waals surface area contributed by atoms with E-state index in [0.717, 1.165) is 19.6 Å². The second kappa shape index (κ2) is 7.43. The van der Waals surface area contributed by atoms with Gasteiger partial charge in [0.05, 0.1) is 0 Å². The van der Waals surface area contributed by atoms with Crippen LogP contribution in [0.2, 0.25) is 0 Å². The van der Waals surface area contributed by atoms with E-state index in [1.165, 1.54) is 24.0 Å². The predicted molar refractivity (Wildman–Crippen MR) is 66.3 cm³/mol. The quantitative estimate of drug-likeness (QED) is 0.664. The molecule has 1 aromatic carbocycles. The highest BCUT2D eigenvalue weighted by molar-refractivity contribution is 5.21. The molecule has 2 N–H and O–H groups in total. The van der Waals surface area contributed by atoms with Gasteiger partial charge in [-0.05, 0) is 38.9 Å². The third-order valence-corrected chi connectivity index (χ3v) is 2.49. The molecule has 0 heterocycles. The van der Waals surface area contributed by atoms with E-state index < -0.39 is 0 Å². The van der Waals surface area contributed by atoms with Crippen LogP contribution < -0.4 is 10.6 Å². The summed E-state index contributed by atoms with van der Waals surface area (Å²) >= 11 is 0. The summed E-state index contributed by atoms with van der Waals surface area (Å²) in [7, 11) is 1.98. The first kappa shape index (κ1) is 12.2. The lowest BCUT2D eigenvalue weighted by atomic mass is 10.1. The molecule has 0 spiro atoms. The average molecular weight is 206 g/mol. The van der Waals surface area contributed by atoms with Gasteiger partial charge in [0.1, 0.15) is 0 Å². The molecule has 0 unspecified atom stereocenters. The Hall–Kier alpha value is -0.860. The first-order valence-corrected chi connectivity index (χ1v) is 5.74. The van der Waals surface area contributed by atoms with Crippen molar-refractivity contribution < 1.29 is 0 Å². The van der Waals surface area contributed by atoms with Crippen LogP contribution in [0.3, 0.4) is 0 Å². The molecule has 0 bridgehead atoms. The Morgan fingerprint density at radius 1 is 1.00 bits per heavy atom. The summed E-state index contributed by atoms with van der Waals surface area (Å²) in [5.74, 6) is 0. The smallest absolute Gasteiger partial charge is 0.00766 e. The lowest BCUT2D eigenvalue weighted by Gasteiger charge is -2.04. The maximum atomic E-state index is 3.41. The average Bonchev–Trinajstić information content (AvgIpc) is 2.26. The van der Waals surface area contributed by atoms with Crippen LogP contribution >= 0.6 is 0 Å². The molecule has 0 fully saturated rings. The number of nitrogens with one attached hydrogen (secondary N) is 2. The number of hydrogen-bond acceptors (Lipinski definition) is 2. The van der Waals surface area contributed by atoms with E-state index in [0.29, 0.717) is 0 Å². The first-order valence-electron chi connectivity index (χ1n) is 5.74. The van der Waals surface area contributed by atoms with E-state index in [2.05, 4.69) is 41.8 Å². The fraction of sp³-hybridized carbons (Fsp3) is 0.538. The molecule has 0 aliphatic rings. The number of rotatable bonds is 7. The molecule has 15 heavy (non-hydrogen) atoms. The van der Waals surface area contributed by atoms with E-state index in [9.17, 15) is 0 Å². The summed E-state index contributed by atoms with van der Waals surface area (Å²) in [4.78, 5) is 0. The minimum atomic E-state index is 1.05. The predicted octanol–water partition coefficient (Wildman–Crippen LogP) is 1.74. The molecule has 2 nitrogen and oxygen atoms in total. The third kappa shape index (κ3) is 5.55. The van der Waals surface area contributed by atoms with E-state index in [1.807, 2.05) is 7.05 Å². The van der Waals surface area contributed by atoms with Crippen molar-refractivity contribution in [1.82, 2.24) is 10.6 Å². The van der Waals surface area contributed by atoms with Crippen molar-refractivity contribution in [2.24, 2.45) is 0 Å². The summed E-state index contributed by atoms with van der Waals surface area (Å²) in [6.07, 6.45) is 2.39. The van der Waals surface area contributed by atoms with Crippen LogP contribution in [-0.4, -0.2) is 26.7 Å². The van der Waals surface area contributed by atoms with Crippen molar-refractivity contribution in [3.63, 3.8) is 0 Å². The maximum Gasteiger partial charge on any atom is 0.00766 e. The summed E-state index contributed by atoms with van der Waals surface area (Å²) < 4.78 is 0. The van der Waals surface area contributed by atoms with E-state index >= 15 is 0 Å². The van der Waals surface area contributed by atoms with Crippen LogP contribution in [0.15, 0.2) is 24.3 Å². The highest BCUT2D eigenvalue weighted by Crippen LogP contribution is 2.04. The second-order valence-corrected chi connectivity index (χ2v) is 3.94. The summed E-state index contributed by atoms with van der Waals surface area (Å²) in [6.45, 7) is 5.34. The maximum absolute atomic E-state index is 3.41. The number of hydrogen-bond donors (Lipinski definition) is 2. The molecule has 0 saturated heterocycles. The molecule has 2 heteroatoms. The fourth-order valence-electron chi connectivity index (χ4n) is 1.51. The largest absolute Gasteiger partial charge is 0.318 e. The van der Waals surface area contributed by atoms with Crippen molar-refractivity contribution >= 4 is 0 Å². The summed E-state index contributed by atoms with van der Waals surface area (Å²) in [5.41, 5.74) is 2.78. The number of likely N-dealkylation sites (N-methyl/N-ethyl adjacent to an activating group) is 1. The Labute approximate surface area is 93.1 Å². The minimum absolute atomic E-state index is 1.05. The van der Waals surface area contributed by atoms with Gasteiger partial charge in [-0.1, -0.05) is 29.8 Å². The molecular formula is C13H22N2. The molecule has 0 radical (unpaired) electrons. The van der Waals surface area contributed by atoms with E-state index in [-0.39, 0.29) is 0 Å².